The van der Waals surface area contributed by atoms with Crippen molar-refractivity contribution in [2.45, 2.75) is 44.6 Å². The molecule has 1 spiro atoms. The maximum Gasteiger partial charge on any atom is 0.222 e. The van der Waals surface area contributed by atoms with Crippen LogP contribution in [-0.4, -0.2) is 73.8 Å². The lowest BCUT2D eigenvalue weighted by Crippen LogP contribution is -2.53. The van der Waals surface area contributed by atoms with Crippen LogP contribution in [0.3, 0.4) is 0 Å². The molecule has 4 rings (SSSR count). The smallest absolute Gasteiger partial charge is 0.222 e. The molecule has 1 aromatic heterocycles. The molecule has 3 aliphatic rings. The fourth-order valence-electron chi connectivity index (χ4n) is 4.63. The van der Waals surface area contributed by atoms with Crippen LogP contribution in [0.1, 0.15) is 38.5 Å². The quantitative estimate of drug-likeness (QED) is 0.804. The summed E-state index contributed by atoms with van der Waals surface area (Å²) in [6, 6.07) is 0. The van der Waals surface area contributed by atoms with Crippen LogP contribution in [0.2, 0.25) is 0 Å². The zero-order valence-electron chi connectivity index (χ0n) is 16.6. The summed E-state index contributed by atoms with van der Waals surface area (Å²) in [5.74, 6) is 2.15. The third-order valence-electron chi connectivity index (χ3n) is 6.41. The molecule has 0 N–H and O–H groups in total. The molecule has 3 aliphatic heterocycles. The van der Waals surface area contributed by atoms with Crippen molar-refractivity contribution in [3.05, 3.63) is 12.4 Å². The van der Waals surface area contributed by atoms with Crippen molar-refractivity contribution < 1.29 is 9.53 Å². The summed E-state index contributed by atoms with van der Waals surface area (Å²) < 4.78 is 5.76. The minimum atomic E-state index is 0.244. The van der Waals surface area contributed by atoms with Gasteiger partial charge in [0.05, 0.1) is 18.5 Å². The van der Waals surface area contributed by atoms with E-state index in [-0.39, 0.29) is 11.5 Å². The monoisotopic (exact) mass is 373 g/mol. The minimum Gasteiger partial charge on any atom is -0.376 e. The topological polar surface area (TPSA) is 61.8 Å². The number of rotatable bonds is 4. The molecule has 0 bridgehead atoms. The van der Waals surface area contributed by atoms with E-state index in [4.69, 9.17) is 9.72 Å². The molecule has 0 radical (unpaired) electrons. The fourth-order valence-corrected chi connectivity index (χ4v) is 4.63. The number of hydrogen-bond donors (Lipinski definition) is 0. The number of carbonyl (C=O) groups is 1. The predicted molar refractivity (Wildman–Crippen MR) is 105 cm³/mol. The lowest BCUT2D eigenvalue weighted by molar-refractivity contribution is -0.140. The first-order valence-electron chi connectivity index (χ1n) is 10.2. The molecular weight excluding hydrogens is 342 g/mol. The molecule has 1 unspecified atom stereocenters. The molecule has 1 aromatic rings. The molecular formula is C20H31N5O2. The number of nitrogens with zero attached hydrogens (tertiary/aromatic N) is 5. The van der Waals surface area contributed by atoms with Crippen molar-refractivity contribution in [3.8, 4) is 0 Å². The van der Waals surface area contributed by atoms with Crippen molar-refractivity contribution in [2.24, 2.45) is 5.41 Å². The number of aromatic nitrogens is 2. The van der Waals surface area contributed by atoms with Crippen LogP contribution in [0, 0.1) is 5.41 Å². The van der Waals surface area contributed by atoms with Crippen LogP contribution >= 0.6 is 0 Å². The lowest BCUT2D eigenvalue weighted by Gasteiger charge is -2.48. The van der Waals surface area contributed by atoms with Gasteiger partial charge in [-0.1, -0.05) is 0 Å². The first-order chi connectivity index (χ1) is 13.0. The number of likely N-dealkylation sites (tertiary alicyclic amines) is 1. The summed E-state index contributed by atoms with van der Waals surface area (Å²) >= 11 is 0. The van der Waals surface area contributed by atoms with E-state index in [0.29, 0.717) is 12.3 Å². The van der Waals surface area contributed by atoms with Crippen LogP contribution in [0.5, 0.6) is 0 Å². The average Bonchev–Trinajstić information content (AvgIpc) is 3.19. The molecule has 0 aliphatic carbocycles. The largest absolute Gasteiger partial charge is 0.376 e. The van der Waals surface area contributed by atoms with E-state index in [9.17, 15) is 4.79 Å². The highest BCUT2D eigenvalue weighted by molar-refractivity contribution is 5.77. The number of hydrogen-bond acceptors (Lipinski definition) is 6. The Morgan fingerprint density at radius 1 is 1.26 bits per heavy atom. The van der Waals surface area contributed by atoms with Gasteiger partial charge >= 0.3 is 0 Å². The summed E-state index contributed by atoms with van der Waals surface area (Å²) in [6.45, 7) is 4.48. The summed E-state index contributed by atoms with van der Waals surface area (Å²) in [5.41, 5.74) is 0.260. The van der Waals surface area contributed by atoms with Crippen molar-refractivity contribution in [1.29, 1.82) is 0 Å². The number of ether oxygens (including phenoxy) is 1. The van der Waals surface area contributed by atoms with Gasteiger partial charge < -0.3 is 19.4 Å². The molecule has 3 fully saturated rings. The van der Waals surface area contributed by atoms with E-state index in [1.807, 2.05) is 25.2 Å². The Morgan fingerprint density at radius 2 is 2.07 bits per heavy atom. The van der Waals surface area contributed by atoms with Gasteiger partial charge in [0.25, 0.3) is 0 Å². The molecule has 7 heteroatoms. The van der Waals surface area contributed by atoms with Gasteiger partial charge in [0.2, 0.25) is 5.91 Å². The van der Waals surface area contributed by atoms with E-state index < -0.39 is 0 Å². The SMILES string of the molecule is CN(C)c1cncc(N2CCC3(CCC(=O)N(CC4CCCO4)C3)CC2)n1. The minimum absolute atomic E-state index is 0.244. The van der Waals surface area contributed by atoms with E-state index in [2.05, 4.69) is 14.8 Å². The first-order valence-corrected chi connectivity index (χ1v) is 10.2. The second kappa shape index (κ2) is 7.62. The van der Waals surface area contributed by atoms with Gasteiger partial charge in [-0.05, 0) is 37.5 Å². The number of piperidine rings is 2. The fraction of sp³-hybridized carbons (Fsp3) is 0.750. The molecule has 3 saturated heterocycles. The van der Waals surface area contributed by atoms with Crippen molar-refractivity contribution in [2.75, 3.05) is 56.7 Å². The Hall–Kier alpha value is -1.89. The van der Waals surface area contributed by atoms with Gasteiger partial charge in [0.15, 0.2) is 0 Å². The van der Waals surface area contributed by atoms with Gasteiger partial charge in [-0.3, -0.25) is 9.78 Å². The Labute approximate surface area is 161 Å². The zero-order chi connectivity index (χ0) is 18.9. The summed E-state index contributed by atoms with van der Waals surface area (Å²) in [5, 5.41) is 0. The van der Waals surface area contributed by atoms with Crippen LogP contribution < -0.4 is 9.80 Å². The number of amides is 1. The van der Waals surface area contributed by atoms with Gasteiger partial charge in [0.1, 0.15) is 11.6 Å². The molecule has 1 atom stereocenters. The van der Waals surface area contributed by atoms with E-state index in [1.165, 1.54) is 0 Å². The third-order valence-corrected chi connectivity index (χ3v) is 6.41. The molecule has 7 nitrogen and oxygen atoms in total. The van der Waals surface area contributed by atoms with E-state index in [0.717, 1.165) is 76.5 Å². The maximum atomic E-state index is 12.4. The summed E-state index contributed by atoms with van der Waals surface area (Å²) in [6.07, 6.45) is 10.0. The van der Waals surface area contributed by atoms with E-state index >= 15 is 0 Å². The Balaban J connectivity index is 1.38. The number of carbonyl (C=O) groups excluding carboxylic acids is 1. The summed E-state index contributed by atoms with van der Waals surface area (Å²) in [7, 11) is 3.97. The van der Waals surface area contributed by atoms with Gasteiger partial charge in [-0.25, -0.2) is 4.98 Å². The molecule has 4 heterocycles. The highest BCUT2D eigenvalue weighted by Crippen LogP contribution is 2.41. The van der Waals surface area contributed by atoms with Crippen molar-refractivity contribution in [3.63, 3.8) is 0 Å². The Kier molecular flexibility index (Phi) is 5.21. The van der Waals surface area contributed by atoms with Crippen LogP contribution in [-0.2, 0) is 9.53 Å². The Bertz CT molecular complexity index is 666. The standard InChI is InChI=1S/C20H31N5O2/c1-23(2)17-12-21-13-18(22-17)24-9-7-20(8-10-24)6-5-19(26)25(15-20)14-16-4-3-11-27-16/h12-13,16H,3-11,14-15H2,1-2H3. The van der Waals surface area contributed by atoms with Crippen molar-refractivity contribution in [1.82, 2.24) is 14.9 Å². The first kappa shape index (κ1) is 18.5. The molecule has 1 amide bonds. The second-order valence-corrected chi connectivity index (χ2v) is 8.53. The van der Waals surface area contributed by atoms with Gasteiger partial charge in [-0.2, -0.15) is 0 Å². The molecule has 0 saturated carbocycles. The van der Waals surface area contributed by atoms with Gasteiger partial charge in [-0.15, -0.1) is 0 Å². The van der Waals surface area contributed by atoms with Gasteiger partial charge in [0, 0.05) is 53.3 Å². The summed E-state index contributed by atoms with van der Waals surface area (Å²) in [4.78, 5) is 27.9. The zero-order valence-corrected chi connectivity index (χ0v) is 16.6. The third kappa shape index (κ3) is 4.03. The normalized spacial score (nSPS) is 25.3. The Morgan fingerprint density at radius 3 is 2.78 bits per heavy atom. The average molecular weight is 374 g/mol. The number of anilines is 2. The molecule has 0 aromatic carbocycles. The van der Waals surface area contributed by atoms with Crippen LogP contribution in [0.25, 0.3) is 0 Å². The highest BCUT2D eigenvalue weighted by atomic mass is 16.5. The highest BCUT2D eigenvalue weighted by Gasteiger charge is 2.41. The van der Waals surface area contributed by atoms with Crippen molar-refractivity contribution >= 4 is 17.5 Å². The predicted octanol–water partition coefficient (Wildman–Crippen LogP) is 1.93. The molecule has 27 heavy (non-hydrogen) atoms. The maximum absolute atomic E-state index is 12.4. The van der Waals surface area contributed by atoms with Crippen LogP contribution in [0.15, 0.2) is 12.4 Å². The second-order valence-electron chi connectivity index (χ2n) is 8.53. The van der Waals surface area contributed by atoms with Crippen LogP contribution in [0.4, 0.5) is 11.6 Å². The lowest BCUT2D eigenvalue weighted by atomic mass is 9.72. The van der Waals surface area contributed by atoms with E-state index in [1.54, 1.807) is 6.20 Å². The molecule has 148 valence electrons.